The first-order valence-electron chi connectivity index (χ1n) is 6.62. The molecule has 105 valence electrons. The number of nitrogens with two attached hydrogens (primary N) is 1. The molecule has 0 aliphatic carbocycles. The Labute approximate surface area is 122 Å². The molecule has 0 atom stereocenters. The van der Waals surface area contributed by atoms with Gasteiger partial charge >= 0.3 is 0 Å². The third-order valence-electron chi connectivity index (χ3n) is 3.40. The molecule has 3 rings (SSSR count). The zero-order chi connectivity index (χ0) is 14.8. The molecule has 0 saturated carbocycles. The average Bonchev–Trinajstić information content (AvgIpc) is 2.95. The van der Waals surface area contributed by atoms with Crippen LogP contribution in [0.2, 0.25) is 0 Å². The van der Waals surface area contributed by atoms with E-state index >= 15 is 0 Å². The standard InChI is InChI=1S/C16H15N4O/c1-18-8-10-2-4-11(5-3-10)13-9-20-16-12(6-7-19-16)14(13)15(17)21/h2-5,7,9,18H,8H2,1H3,(H2,17,21)(H,19,20). The van der Waals surface area contributed by atoms with Gasteiger partial charge in [0.25, 0.3) is 0 Å². The summed E-state index contributed by atoms with van der Waals surface area (Å²) in [6, 6.07) is 10.9. The Balaban J connectivity index is 2.14. The van der Waals surface area contributed by atoms with Crippen molar-refractivity contribution in [1.82, 2.24) is 15.3 Å². The van der Waals surface area contributed by atoms with Gasteiger partial charge in [0.05, 0.1) is 5.56 Å². The van der Waals surface area contributed by atoms with Gasteiger partial charge in [0, 0.05) is 36.0 Å². The van der Waals surface area contributed by atoms with Crippen LogP contribution < -0.4 is 11.1 Å². The third kappa shape index (κ3) is 2.39. The number of H-pyrrole nitrogens is 1. The van der Waals surface area contributed by atoms with E-state index in [1.54, 1.807) is 12.4 Å². The minimum absolute atomic E-state index is 0.447. The minimum atomic E-state index is -0.479. The van der Waals surface area contributed by atoms with E-state index in [0.717, 1.165) is 17.7 Å². The molecule has 0 fully saturated rings. The second kappa shape index (κ2) is 5.38. The Morgan fingerprint density at radius 3 is 2.81 bits per heavy atom. The lowest BCUT2D eigenvalue weighted by molar-refractivity contribution is 0.100. The fourth-order valence-corrected chi connectivity index (χ4v) is 2.42. The maximum Gasteiger partial charge on any atom is 0.250 e. The number of nitrogens with one attached hydrogen (secondary N) is 2. The smallest absolute Gasteiger partial charge is 0.250 e. The first-order valence-corrected chi connectivity index (χ1v) is 6.62. The number of carbonyl (C=O) groups is 1. The van der Waals surface area contributed by atoms with Crippen LogP contribution >= 0.6 is 0 Å². The summed E-state index contributed by atoms with van der Waals surface area (Å²) >= 11 is 0. The van der Waals surface area contributed by atoms with Crippen molar-refractivity contribution in [2.24, 2.45) is 5.73 Å². The number of primary amides is 1. The highest BCUT2D eigenvalue weighted by Gasteiger charge is 2.16. The van der Waals surface area contributed by atoms with E-state index in [0.29, 0.717) is 16.6 Å². The number of aromatic amines is 1. The summed E-state index contributed by atoms with van der Waals surface area (Å²) in [6.45, 7) is 0.797. The number of rotatable bonds is 4. The highest BCUT2D eigenvalue weighted by Crippen LogP contribution is 2.28. The Bertz CT molecular complexity index is 790. The molecular weight excluding hydrogens is 264 g/mol. The Morgan fingerprint density at radius 2 is 2.14 bits per heavy atom. The molecule has 1 aromatic carbocycles. The fourth-order valence-electron chi connectivity index (χ4n) is 2.42. The largest absolute Gasteiger partial charge is 0.366 e. The minimum Gasteiger partial charge on any atom is -0.366 e. The maximum absolute atomic E-state index is 11.8. The Morgan fingerprint density at radius 1 is 1.38 bits per heavy atom. The predicted molar refractivity (Wildman–Crippen MR) is 81.6 cm³/mol. The van der Waals surface area contributed by atoms with Crippen molar-refractivity contribution in [2.75, 3.05) is 7.05 Å². The van der Waals surface area contributed by atoms with Gasteiger partial charge in [-0.05, 0) is 18.2 Å². The molecule has 2 heterocycles. The zero-order valence-corrected chi connectivity index (χ0v) is 11.6. The summed E-state index contributed by atoms with van der Waals surface area (Å²) in [5.41, 5.74) is 9.41. The summed E-state index contributed by atoms with van der Waals surface area (Å²) in [5, 5.41) is 3.72. The number of benzene rings is 1. The SMILES string of the molecule is CNCc1ccc(-c2cnc3[nH]c[c]c3c2C(N)=O)cc1. The van der Waals surface area contributed by atoms with Crippen LogP contribution in [0.4, 0.5) is 0 Å². The molecule has 3 aromatic rings. The highest BCUT2D eigenvalue weighted by molar-refractivity contribution is 6.10. The maximum atomic E-state index is 11.8. The zero-order valence-electron chi connectivity index (χ0n) is 11.6. The van der Waals surface area contributed by atoms with Crippen LogP contribution in [0.1, 0.15) is 15.9 Å². The van der Waals surface area contributed by atoms with E-state index in [9.17, 15) is 4.79 Å². The lowest BCUT2D eigenvalue weighted by Gasteiger charge is -2.09. The van der Waals surface area contributed by atoms with Crippen molar-refractivity contribution in [3.05, 3.63) is 53.9 Å². The van der Waals surface area contributed by atoms with Crippen LogP contribution in [0, 0.1) is 6.07 Å². The molecular formula is C16H15N4O. The van der Waals surface area contributed by atoms with Gasteiger partial charge in [0.1, 0.15) is 5.65 Å². The first-order chi connectivity index (χ1) is 10.2. The molecule has 0 bridgehead atoms. The quantitative estimate of drug-likeness (QED) is 0.681. The van der Waals surface area contributed by atoms with E-state index in [1.165, 1.54) is 5.56 Å². The van der Waals surface area contributed by atoms with Gasteiger partial charge < -0.3 is 16.0 Å². The van der Waals surface area contributed by atoms with Crippen molar-refractivity contribution in [1.29, 1.82) is 0 Å². The van der Waals surface area contributed by atoms with Crippen molar-refractivity contribution in [2.45, 2.75) is 6.54 Å². The highest BCUT2D eigenvalue weighted by atomic mass is 16.1. The Kier molecular flexibility index (Phi) is 3.41. The van der Waals surface area contributed by atoms with E-state index in [2.05, 4.69) is 21.4 Å². The molecule has 0 unspecified atom stereocenters. The van der Waals surface area contributed by atoms with Crippen LogP contribution in [0.3, 0.4) is 0 Å². The number of fused-ring (bicyclic) bond motifs is 1. The Hall–Kier alpha value is -2.66. The monoisotopic (exact) mass is 279 g/mol. The second-order valence-electron chi connectivity index (χ2n) is 4.79. The molecule has 5 heteroatoms. The molecule has 0 spiro atoms. The van der Waals surface area contributed by atoms with Gasteiger partial charge in [-0.15, -0.1) is 0 Å². The van der Waals surface area contributed by atoms with Gasteiger partial charge in [-0.25, -0.2) is 4.98 Å². The van der Waals surface area contributed by atoms with E-state index in [4.69, 9.17) is 5.73 Å². The number of hydrogen-bond acceptors (Lipinski definition) is 3. The van der Waals surface area contributed by atoms with Crippen molar-refractivity contribution in [3.63, 3.8) is 0 Å². The summed E-state index contributed by atoms with van der Waals surface area (Å²) in [4.78, 5) is 19.1. The van der Waals surface area contributed by atoms with Crippen LogP contribution in [0.15, 0.2) is 36.7 Å². The first kappa shape index (κ1) is 13.3. The molecule has 0 saturated heterocycles. The molecule has 0 aliphatic heterocycles. The number of carbonyl (C=O) groups excluding carboxylic acids is 1. The van der Waals surface area contributed by atoms with Crippen LogP contribution in [0.25, 0.3) is 22.2 Å². The van der Waals surface area contributed by atoms with E-state index < -0.39 is 5.91 Å². The van der Waals surface area contributed by atoms with E-state index in [1.807, 2.05) is 31.3 Å². The van der Waals surface area contributed by atoms with Crippen molar-refractivity contribution in [3.8, 4) is 11.1 Å². The molecule has 0 aliphatic rings. The summed E-state index contributed by atoms with van der Waals surface area (Å²) in [5.74, 6) is -0.479. The van der Waals surface area contributed by atoms with Gasteiger partial charge in [-0.2, -0.15) is 0 Å². The molecule has 2 aromatic heterocycles. The average molecular weight is 279 g/mol. The van der Waals surface area contributed by atoms with Crippen LogP contribution in [-0.4, -0.2) is 22.9 Å². The van der Waals surface area contributed by atoms with Crippen molar-refractivity contribution < 1.29 is 4.79 Å². The number of pyridine rings is 1. The molecule has 5 nitrogen and oxygen atoms in total. The number of aromatic nitrogens is 2. The summed E-state index contributed by atoms with van der Waals surface area (Å²) < 4.78 is 0. The number of hydrogen-bond donors (Lipinski definition) is 3. The van der Waals surface area contributed by atoms with Gasteiger partial charge in [-0.1, -0.05) is 24.3 Å². The fraction of sp³-hybridized carbons (Fsp3) is 0.125. The topological polar surface area (TPSA) is 83.8 Å². The third-order valence-corrected chi connectivity index (χ3v) is 3.40. The van der Waals surface area contributed by atoms with Gasteiger partial charge in [0.15, 0.2) is 0 Å². The van der Waals surface area contributed by atoms with Crippen molar-refractivity contribution >= 4 is 16.9 Å². The molecule has 1 amide bonds. The second-order valence-corrected chi connectivity index (χ2v) is 4.79. The number of amides is 1. The molecule has 4 N–H and O–H groups in total. The number of nitrogens with zero attached hydrogens (tertiary/aromatic N) is 1. The van der Waals surface area contributed by atoms with Crippen LogP contribution in [-0.2, 0) is 6.54 Å². The lowest BCUT2D eigenvalue weighted by atomic mass is 9.98. The van der Waals surface area contributed by atoms with Gasteiger partial charge in [0.2, 0.25) is 5.91 Å². The predicted octanol–water partition coefficient (Wildman–Crippen LogP) is 1.85. The molecule has 1 radical (unpaired) electrons. The normalized spacial score (nSPS) is 10.9. The lowest BCUT2D eigenvalue weighted by Crippen LogP contribution is -2.13. The summed E-state index contributed by atoms with van der Waals surface area (Å²) in [6.07, 6.45) is 3.30. The van der Waals surface area contributed by atoms with Crippen LogP contribution in [0.5, 0.6) is 0 Å². The van der Waals surface area contributed by atoms with Gasteiger partial charge in [-0.3, -0.25) is 4.79 Å². The molecule has 21 heavy (non-hydrogen) atoms. The van der Waals surface area contributed by atoms with E-state index in [-0.39, 0.29) is 0 Å². The summed E-state index contributed by atoms with van der Waals surface area (Å²) in [7, 11) is 1.90.